The highest BCUT2D eigenvalue weighted by atomic mass is 19.1. The molecule has 5 heteroatoms. The minimum absolute atomic E-state index is 0.127. The zero-order valence-corrected chi connectivity index (χ0v) is 10.2. The summed E-state index contributed by atoms with van der Waals surface area (Å²) in [5, 5.41) is 11.0. The Bertz CT molecular complexity index is 253. The van der Waals surface area contributed by atoms with Gasteiger partial charge in [-0.1, -0.05) is 20.8 Å². The molecule has 16 heavy (non-hydrogen) atoms. The molecule has 0 radical (unpaired) electrons. The van der Waals surface area contributed by atoms with Crippen LogP contribution in [0.2, 0.25) is 0 Å². The molecule has 1 fully saturated rings. The van der Waals surface area contributed by atoms with Crippen LogP contribution in [0.25, 0.3) is 0 Å². The predicted octanol–water partition coefficient (Wildman–Crippen LogP) is 0.332. The predicted molar refractivity (Wildman–Crippen MR) is 57.8 cm³/mol. The Kier molecular flexibility index (Phi) is 4.13. The summed E-state index contributed by atoms with van der Waals surface area (Å²) in [4.78, 5) is 14.3. The minimum atomic E-state index is -1.13. The van der Waals surface area contributed by atoms with Crippen LogP contribution in [0.5, 0.6) is 0 Å². The van der Waals surface area contributed by atoms with Crippen molar-refractivity contribution in [3.05, 3.63) is 0 Å². The van der Waals surface area contributed by atoms with Gasteiger partial charge in [-0.25, -0.2) is 4.39 Å². The van der Waals surface area contributed by atoms with Gasteiger partial charge in [0.15, 0.2) is 0 Å². The molecule has 1 rings (SSSR count). The van der Waals surface area contributed by atoms with Crippen molar-refractivity contribution in [1.29, 1.82) is 0 Å². The molecule has 0 aromatic carbocycles. The maximum Gasteiger partial charge on any atom is 0.137 e. The molecule has 1 aliphatic heterocycles. The highest BCUT2D eigenvalue weighted by molar-refractivity contribution is 5.63. The van der Waals surface area contributed by atoms with E-state index >= 15 is 0 Å². The van der Waals surface area contributed by atoms with Crippen molar-refractivity contribution < 1.29 is 14.3 Å². The van der Waals surface area contributed by atoms with Gasteiger partial charge in [-0.3, -0.25) is 4.90 Å². The average molecular weight is 231 g/mol. The van der Waals surface area contributed by atoms with Crippen LogP contribution in [0.4, 0.5) is 9.18 Å². The molecule has 0 aliphatic carbocycles. The minimum Gasteiger partial charge on any atom is -0.530 e. The number of amides is 1. The molecule has 0 saturated carbocycles. The molecule has 0 N–H and O–H groups in total. The van der Waals surface area contributed by atoms with Gasteiger partial charge in [0, 0.05) is 32.2 Å². The molecular formula is C11H20FN2O2-. The van der Waals surface area contributed by atoms with E-state index in [4.69, 9.17) is 0 Å². The van der Waals surface area contributed by atoms with Crippen LogP contribution in [0.3, 0.4) is 0 Å². The topological polar surface area (TPSA) is 46.6 Å². The molecule has 1 atom stereocenters. The molecule has 0 aromatic rings. The van der Waals surface area contributed by atoms with E-state index in [9.17, 15) is 14.3 Å². The third kappa shape index (κ3) is 3.07. The van der Waals surface area contributed by atoms with Crippen LogP contribution in [-0.4, -0.2) is 54.8 Å². The SMILES string of the molecule is CC(C)(C)C1CN(CCF)CCN1C(=O)[O-]. The normalized spacial score (nSPS) is 23.5. The summed E-state index contributed by atoms with van der Waals surface area (Å²) < 4.78 is 12.3. The molecule has 1 amide bonds. The maximum absolute atomic E-state index is 12.3. The summed E-state index contributed by atoms with van der Waals surface area (Å²) in [6.45, 7) is 7.55. The molecule has 1 saturated heterocycles. The Balaban J connectivity index is 2.74. The fourth-order valence-electron chi connectivity index (χ4n) is 2.12. The lowest BCUT2D eigenvalue weighted by atomic mass is 9.84. The zero-order valence-electron chi connectivity index (χ0n) is 10.2. The first-order valence-electron chi connectivity index (χ1n) is 5.62. The molecule has 1 aliphatic rings. The Morgan fingerprint density at radius 3 is 2.50 bits per heavy atom. The van der Waals surface area contributed by atoms with Crippen LogP contribution in [0.15, 0.2) is 0 Å². The second-order valence-corrected chi connectivity index (χ2v) is 5.33. The van der Waals surface area contributed by atoms with E-state index in [-0.39, 0.29) is 18.1 Å². The van der Waals surface area contributed by atoms with Gasteiger partial charge in [0.25, 0.3) is 0 Å². The first-order chi connectivity index (χ1) is 7.36. The first kappa shape index (κ1) is 13.2. The largest absolute Gasteiger partial charge is 0.530 e. The smallest absolute Gasteiger partial charge is 0.137 e. The van der Waals surface area contributed by atoms with Crippen LogP contribution >= 0.6 is 0 Å². The Morgan fingerprint density at radius 1 is 1.44 bits per heavy atom. The lowest BCUT2D eigenvalue weighted by Crippen LogP contribution is -2.62. The van der Waals surface area contributed by atoms with Crippen LogP contribution in [0, 0.1) is 5.41 Å². The number of carbonyl (C=O) groups excluding carboxylic acids is 1. The van der Waals surface area contributed by atoms with Crippen molar-refractivity contribution >= 4 is 6.09 Å². The van der Waals surface area contributed by atoms with E-state index in [0.29, 0.717) is 26.2 Å². The monoisotopic (exact) mass is 231 g/mol. The highest BCUT2D eigenvalue weighted by Crippen LogP contribution is 2.27. The first-order valence-corrected chi connectivity index (χ1v) is 5.62. The molecule has 0 aromatic heterocycles. The summed E-state index contributed by atoms with van der Waals surface area (Å²) >= 11 is 0. The summed E-state index contributed by atoms with van der Waals surface area (Å²) in [6.07, 6.45) is -1.13. The Labute approximate surface area is 96.0 Å². The van der Waals surface area contributed by atoms with Crippen molar-refractivity contribution in [2.45, 2.75) is 26.8 Å². The lowest BCUT2D eigenvalue weighted by Gasteiger charge is -2.48. The standard InChI is InChI=1S/C11H21FN2O2/c1-11(2,3)9-8-13(5-4-12)6-7-14(9)10(15)16/h9H,4-8H2,1-3H3,(H,15,16)/p-1. The van der Waals surface area contributed by atoms with E-state index < -0.39 is 6.09 Å². The van der Waals surface area contributed by atoms with Gasteiger partial charge < -0.3 is 14.8 Å². The summed E-state index contributed by atoms with van der Waals surface area (Å²) in [5.74, 6) is 0. The van der Waals surface area contributed by atoms with Crippen molar-refractivity contribution in [2.24, 2.45) is 5.41 Å². The third-order valence-electron chi connectivity index (χ3n) is 3.10. The van der Waals surface area contributed by atoms with Gasteiger partial charge in [0.2, 0.25) is 0 Å². The number of carbonyl (C=O) groups is 1. The maximum atomic E-state index is 12.3. The van der Waals surface area contributed by atoms with E-state index in [0.717, 1.165) is 0 Å². The third-order valence-corrected chi connectivity index (χ3v) is 3.10. The van der Waals surface area contributed by atoms with E-state index in [1.807, 2.05) is 25.7 Å². The summed E-state index contributed by atoms with van der Waals surface area (Å²) in [5.41, 5.74) is -0.158. The van der Waals surface area contributed by atoms with E-state index in [1.165, 1.54) is 4.90 Å². The number of hydrogen-bond acceptors (Lipinski definition) is 3. The van der Waals surface area contributed by atoms with Crippen molar-refractivity contribution in [1.82, 2.24) is 9.80 Å². The lowest BCUT2D eigenvalue weighted by molar-refractivity contribution is -0.272. The van der Waals surface area contributed by atoms with Gasteiger partial charge in [0.1, 0.15) is 12.8 Å². The van der Waals surface area contributed by atoms with Gasteiger partial charge >= 0.3 is 0 Å². The molecule has 4 nitrogen and oxygen atoms in total. The highest BCUT2D eigenvalue weighted by Gasteiger charge is 2.35. The molecule has 94 valence electrons. The molecule has 0 spiro atoms. The number of hydrogen-bond donors (Lipinski definition) is 0. The van der Waals surface area contributed by atoms with E-state index in [2.05, 4.69) is 0 Å². The Morgan fingerprint density at radius 2 is 2.06 bits per heavy atom. The number of carboxylic acid groups (broad SMARTS) is 1. The second kappa shape index (κ2) is 4.99. The molecular weight excluding hydrogens is 211 g/mol. The quantitative estimate of drug-likeness (QED) is 0.688. The van der Waals surface area contributed by atoms with Crippen molar-refractivity contribution in [3.63, 3.8) is 0 Å². The summed E-state index contributed by atoms with van der Waals surface area (Å²) in [7, 11) is 0. The number of rotatable bonds is 2. The second-order valence-electron chi connectivity index (χ2n) is 5.33. The van der Waals surface area contributed by atoms with Crippen LogP contribution in [0.1, 0.15) is 20.8 Å². The average Bonchev–Trinajstić information content (AvgIpc) is 2.16. The number of halogens is 1. The molecule has 1 unspecified atom stereocenters. The Hall–Kier alpha value is -0.840. The van der Waals surface area contributed by atoms with Gasteiger partial charge in [-0.2, -0.15) is 0 Å². The molecule has 1 heterocycles. The number of piperazine rings is 1. The van der Waals surface area contributed by atoms with Crippen molar-refractivity contribution in [2.75, 3.05) is 32.9 Å². The van der Waals surface area contributed by atoms with Crippen LogP contribution < -0.4 is 5.11 Å². The van der Waals surface area contributed by atoms with Gasteiger partial charge in [-0.15, -0.1) is 0 Å². The van der Waals surface area contributed by atoms with Gasteiger partial charge in [-0.05, 0) is 5.41 Å². The fraction of sp³-hybridized carbons (Fsp3) is 0.909. The number of alkyl halides is 1. The zero-order chi connectivity index (χ0) is 12.3. The van der Waals surface area contributed by atoms with Gasteiger partial charge in [0.05, 0.1) is 0 Å². The van der Waals surface area contributed by atoms with Crippen LogP contribution in [-0.2, 0) is 0 Å². The molecule has 0 bridgehead atoms. The summed E-state index contributed by atoms with van der Waals surface area (Å²) in [6, 6.07) is -0.127. The fourth-order valence-corrected chi connectivity index (χ4v) is 2.12. The van der Waals surface area contributed by atoms with Crippen molar-refractivity contribution in [3.8, 4) is 0 Å². The number of nitrogens with zero attached hydrogens (tertiary/aromatic N) is 2. The van der Waals surface area contributed by atoms with E-state index in [1.54, 1.807) is 0 Å².